The number of nitrogens with one attached hydrogen (secondary N) is 4. The van der Waals surface area contributed by atoms with Crippen LogP contribution in [0.5, 0.6) is 0 Å². The minimum atomic E-state index is -5.24. The van der Waals surface area contributed by atoms with E-state index in [-0.39, 0.29) is 5.56 Å². The Balaban J connectivity index is 1.56. The molecule has 11 nitrogen and oxygen atoms in total. The molecular formula is C19H20F3N7O4. The van der Waals surface area contributed by atoms with Gasteiger partial charge in [0.15, 0.2) is 5.95 Å². The van der Waals surface area contributed by atoms with Crippen molar-refractivity contribution in [2.24, 2.45) is 0 Å². The van der Waals surface area contributed by atoms with Crippen LogP contribution < -0.4 is 16.0 Å². The van der Waals surface area contributed by atoms with Gasteiger partial charge in [-0.1, -0.05) is 0 Å². The molecule has 1 aromatic carbocycles. The lowest BCUT2D eigenvalue weighted by Gasteiger charge is -2.16. The number of aryl methyl sites for hydroxylation is 1. The second kappa shape index (κ2) is 10.0. The fourth-order valence-corrected chi connectivity index (χ4v) is 2.94. The van der Waals surface area contributed by atoms with E-state index in [0.717, 1.165) is 11.9 Å². The lowest BCUT2D eigenvalue weighted by Crippen LogP contribution is -2.52. The Bertz CT molecular complexity index is 1130. The standard InChI is InChI=1S/C19H20F3N7O4/c20-19(21,22)17(33)28-13(16(31)32)10-26-15(30)11-2-3-14-12(8-11)9-27-29(14)7-1-4-23-18-24-5-6-25-18/h2-3,5-6,8-9,13H,1,4,7,10H2,(H,26,30)(H,28,33)(H,31,32)(H2,23,24,25). The number of carbonyl (C=O) groups excluding carboxylic acids is 2. The van der Waals surface area contributed by atoms with Crippen molar-refractivity contribution < 1.29 is 32.7 Å². The van der Waals surface area contributed by atoms with E-state index in [2.05, 4.69) is 25.7 Å². The van der Waals surface area contributed by atoms with Crippen LogP contribution in [-0.2, 0) is 16.1 Å². The van der Waals surface area contributed by atoms with Gasteiger partial charge in [-0.25, -0.2) is 9.78 Å². The number of rotatable bonds is 10. The number of amides is 2. The Labute approximate surface area is 184 Å². The molecule has 0 radical (unpaired) electrons. The van der Waals surface area contributed by atoms with E-state index in [9.17, 15) is 27.6 Å². The summed E-state index contributed by atoms with van der Waals surface area (Å²) in [4.78, 5) is 41.4. The second-order valence-electron chi connectivity index (χ2n) is 6.93. The number of benzene rings is 1. The number of nitrogens with zero attached hydrogens (tertiary/aromatic N) is 3. The minimum absolute atomic E-state index is 0.160. The molecule has 3 rings (SSSR count). The Kier molecular flexibility index (Phi) is 7.15. The van der Waals surface area contributed by atoms with Gasteiger partial charge in [-0.15, -0.1) is 0 Å². The van der Waals surface area contributed by atoms with E-state index < -0.39 is 36.5 Å². The van der Waals surface area contributed by atoms with E-state index in [0.29, 0.717) is 24.4 Å². The monoisotopic (exact) mass is 467 g/mol. The number of hydrogen-bond acceptors (Lipinski definition) is 6. The first-order valence-electron chi connectivity index (χ1n) is 9.72. The van der Waals surface area contributed by atoms with Crippen LogP contribution in [0.1, 0.15) is 16.8 Å². The van der Waals surface area contributed by atoms with Crippen LogP contribution in [0.2, 0.25) is 0 Å². The summed E-state index contributed by atoms with van der Waals surface area (Å²) in [5.74, 6) is -4.16. The van der Waals surface area contributed by atoms with Gasteiger partial charge in [0.1, 0.15) is 6.04 Å². The summed E-state index contributed by atoms with van der Waals surface area (Å²) in [5.41, 5.74) is 0.929. The van der Waals surface area contributed by atoms with Gasteiger partial charge in [0.05, 0.1) is 11.7 Å². The van der Waals surface area contributed by atoms with Crippen molar-refractivity contribution in [3.63, 3.8) is 0 Å². The maximum atomic E-state index is 12.3. The number of alkyl halides is 3. The zero-order valence-corrected chi connectivity index (χ0v) is 17.0. The normalized spacial score (nSPS) is 12.3. The molecule has 2 heterocycles. The average molecular weight is 467 g/mol. The third-order valence-electron chi connectivity index (χ3n) is 4.57. The fourth-order valence-electron chi connectivity index (χ4n) is 2.94. The van der Waals surface area contributed by atoms with E-state index in [1.807, 2.05) is 0 Å². The van der Waals surface area contributed by atoms with Crippen LogP contribution in [0.3, 0.4) is 0 Å². The maximum Gasteiger partial charge on any atom is 0.471 e. The highest BCUT2D eigenvalue weighted by Crippen LogP contribution is 2.17. The predicted molar refractivity (Wildman–Crippen MR) is 109 cm³/mol. The van der Waals surface area contributed by atoms with Gasteiger partial charge >= 0.3 is 18.1 Å². The summed E-state index contributed by atoms with van der Waals surface area (Å²) in [6.45, 7) is 0.531. The molecule has 1 atom stereocenters. The highest BCUT2D eigenvalue weighted by molar-refractivity contribution is 5.98. The molecule has 33 heavy (non-hydrogen) atoms. The molecule has 0 aliphatic carbocycles. The molecule has 5 N–H and O–H groups in total. The number of carboxylic acids is 1. The molecule has 0 saturated heterocycles. The molecule has 2 aromatic heterocycles. The molecule has 14 heteroatoms. The molecular weight excluding hydrogens is 447 g/mol. The number of carboxylic acid groups (broad SMARTS) is 1. The number of carbonyl (C=O) groups is 3. The Morgan fingerprint density at radius 3 is 2.70 bits per heavy atom. The summed E-state index contributed by atoms with van der Waals surface area (Å²) in [6, 6.07) is 2.74. The van der Waals surface area contributed by atoms with E-state index in [1.54, 1.807) is 29.3 Å². The highest BCUT2D eigenvalue weighted by atomic mass is 19.4. The molecule has 176 valence electrons. The molecule has 2 amide bonds. The number of anilines is 1. The van der Waals surface area contributed by atoms with Crippen molar-refractivity contribution in [3.8, 4) is 0 Å². The molecule has 3 aromatic rings. The lowest BCUT2D eigenvalue weighted by atomic mass is 10.1. The molecule has 0 bridgehead atoms. The number of H-pyrrole nitrogens is 1. The van der Waals surface area contributed by atoms with Crippen molar-refractivity contribution >= 4 is 34.6 Å². The van der Waals surface area contributed by atoms with Crippen molar-refractivity contribution in [1.82, 2.24) is 30.4 Å². The van der Waals surface area contributed by atoms with Gasteiger partial charge in [0.25, 0.3) is 5.91 Å². The van der Waals surface area contributed by atoms with Crippen molar-refractivity contribution in [2.45, 2.75) is 25.2 Å². The van der Waals surface area contributed by atoms with E-state index >= 15 is 0 Å². The van der Waals surface area contributed by atoms with Crippen LogP contribution in [0, 0.1) is 0 Å². The number of hydrogen-bond donors (Lipinski definition) is 5. The van der Waals surface area contributed by atoms with Gasteiger partial charge in [0, 0.05) is 43.0 Å². The fraction of sp³-hybridized carbons (Fsp3) is 0.316. The van der Waals surface area contributed by atoms with Gasteiger partial charge in [0.2, 0.25) is 0 Å². The Morgan fingerprint density at radius 1 is 1.24 bits per heavy atom. The third-order valence-corrected chi connectivity index (χ3v) is 4.57. The van der Waals surface area contributed by atoms with Crippen LogP contribution >= 0.6 is 0 Å². The van der Waals surface area contributed by atoms with Crippen molar-refractivity contribution in [1.29, 1.82) is 0 Å². The van der Waals surface area contributed by atoms with E-state index in [4.69, 9.17) is 5.11 Å². The molecule has 0 spiro atoms. The van der Waals surface area contributed by atoms with Gasteiger partial charge in [-0.3, -0.25) is 14.3 Å². The summed E-state index contributed by atoms with van der Waals surface area (Å²) < 4.78 is 38.8. The van der Waals surface area contributed by atoms with Crippen molar-refractivity contribution in [3.05, 3.63) is 42.4 Å². The summed E-state index contributed by atoms with van der Waals surface area (Å²) in [6.07, 6.45) is 0.419. The Morgan fingerprint density at radius 2 is 2.03 bits per heavy atom. The van der Waals surface area contributed by atoms with Gasteiger partial charge in [-0.2, -0.15) is 18.3 Å². The maximum absolute atomic E-state index is 12.3. The number of fused-ring (bicyclic) bond motifs is 1. The molecule has 1 unspecified atom stereocenters. The summed E-state index contributed by atoms with van der Waals surface area (Å²) in [7, 11) is 0. The first-order valence-corrected chi connectivity index (χ1v) is 9.72. The number of imidazole rings is 1. The van der Waals surface area contributed by atoms with E-state index in [1.165, 1.54) is 17.4 Å². The van der Waals surface area contributed by atoms with Gasteiger partial charge in [-0.05, 0) is 24.6 Å². The zero-order chi connectivity index (χ0) is 24.0. The highest BCUT2D eigenvalue weighted by Gasteiger charge is 2.40. The summed E-state index contributed by atoms with van der Waals surface area (Å²) in [5, 5.41) is 20.6. The largest absolute Gasteiger partial charge is 0.480 e. The predicted octanol–water partition coefficient (Wildman–Crippen LogP) is 1.12. The molecule has 0 saturated carbocycles. The second-order valence-corrected chi connectivity index (χ2v) is 6.93. The topological polar surface area (TPSA) is 154 Å². The van der Waals surface area contributed by atoms with Gasteiger partial charge < -0.3 is 26.0 Å². The third kappa shape index (κ3) is 6.21. The van der Waals surface area contributed by atoms with Crippen molar-refractivity contribution in [2.75, 3.05) is 18.4 Å². The number of aliphatic carboxylic acids is 1. The zero-order valence-electron chi connectivity index (χ0n) is 17.0. The lowest BCUT2D eigenvalue weighted by molar-refractivity contribution is -0.175. The first-order chi connectivity index (χ1) is 15.6. The quantitative estimate of drug-likeness (QED) is 0.280. The smallest absolute Gasteiger partial charge is 0.471 e. The van der Waals surface area contributed by atoms with Crippen LogP contribution in [0.4, 0.5) is 19.1 Å². The molecule has 0 aliphatic rings. The minimum Gasteiger partial charge on any atom is -0.480 e. The summed E-state index contributed by atoms with van der Waals surface area (Å²) >= 11 is 0. The number of halogens is 3. The Hall–Kier alpha value is -4.10. The number of aromatic amines is 1. The van der Waals surface area contributed by atoms with Crippen LogP contribution in [-0.4, -0.2) is 67.9 Å². The van der Waals surface area contributed by atoms with Crippen LogP contribution in [0.25, 0.3) is 10.9 Å². The molecule has 0 fully saturated rings. The number of aromatic nitrogens is 4. The molecule has 0 aliphatic heterocycles. The SMILES string of the molecule is O=C(NCC(NC(=O)C(F)(F)F)C(=O)O)c1ccc2c(cnn2CCCNc2ncc[nH]2)c1. The van der Waals surface area contributed by atoms with Crippen LogP contribution in [0.15, 0.2) is 36.8 Å². The first kappa shape index (κ1) is 23.6. The average Bonchev–Trinajstić information content (AvgIpc) is 3.42.